The molecule has 1 heterocycles. The fourth-order valence-electron chi connectivity index (χ4n) is 4.55. The highest BCUT2D eigenvalue weighted by Gasteiger charge is 2.42. The quantitative estimate of drug-likeness (QED) is 0.638. The van der Waals surface area contributed by atoms with Gasteiger partial charge in [0.25, 0.3) is 0 Å². The fraction of sp³-hybridized carbons (Fsp3) is 0.636. The standard InChI is InChI=1S/C22H34N4O2/c1-17-9-5-6-10-18(17)19-15-26(13-14-28-19)21(23-2)24-16-22(11-7-8-12-22)20(27)25(3)4/h5-6,9-10,19H,7-8,11-16H2,1-4H3,(H,23,24). The van der Waals surface area contributed by atoms with Gasteiger partial charge in [0.1, 0.15) is 6.10 Å². The van der Waals surface area contributed by atoms with Crippen LogP contribution in [0, 0.1) is 12.3 Å². The van der Waals surface area contributed by atoms with Crippen LogP contribution in [0.2, 0.25) is 0 Å². The summed E-state index contributed by atoms with van der Waals surface area (Å²) in [5.74, 6) is 1.09. The summed E-state index contributed by atoms with van der Waals surface area (Å²) in [5, 5.41) is 3.52. The SMILES string of the molecule is CN=C(NCC1(C(=O)N(C)C)CCCC1)N1CCOC(c2ccccc2C)C1. The van der Waals surface area contributed by atoms with Gasteiger partial charge in [-0.05, 0) is 30.9 Å². The lowest BCUT2D eigenvalue weighted by atomic mass is 9.84. The molecule has 1 amide bonds. The number of hydrogen-bond donors (Lipinski definition) is 1. The summed E-state index contributed by atoms with van der Waals surface area (Å²) >= 11 is 0. The largest absolute Gasteiger partial charge is 0.370 e. The lowest BCUT2D eigenvalue weighted by Crippen LogP contribution is -2.52. The van der Waals surface area contributed by atoms with Crippen LogP contribution in [0.15, 0.2) is 29.3 Å². The first-order valence-corrected chi connectivity index (χ1v) is 10.3. The van der Waals surface area contributed by atoms with E-state index in [0.29, 0.717) is 13.2 Å². The second-order valence-electron chi connectivity index (χ2n) is 8.25. The third kappa shape index (κ3) is 4.32. The van der Waals surface area contributed by atoms with E-state index < -0.39 is 0 Å². The number of nitrogens with zero attached hydrogens (tertiary/aromatic N) is 3. The molecule has 0 aromatic heterocycles. The minimum atomic E-state index is -0.304. The topological polar surface area (TPSA) is 57.2 Å². The molecule has 1 saturated heterocycles. The molecule has 1 N–H and O–H groups in total. The normalized spacial score (nSPS) is 22.2. The van der Waals surface area contributed by atoms with Crippen LogP contribution in [0.5, 0.6) is 0 Å². The molecule has 1 aliphatic heterocycles. The number of aliphatic imine (C=N–C) groups is 1. The highest BCUT2D eigenvalue weighted by Crippen LogP contribution is 2.39. The van der Waals surface area contributed by atoms with Crippen molar-refractivity contribution in [1.29, 1.82) is 0 Å². The van der Waals surface area contributed by atoms with Crippen LogP contribution in [-0.4, -0.2) is 69.1 Å². The molecule has 0 spiro atoms. The molecule has 1 unspecified atom stereocenters. The van der Waals surface area contributed by atoms with Gasteiger partial charge in [0.05, 0.1) is 18.6 Å². The van der Waals surface area contributed by atoms with Crippen molar-refractivity contribution >= 4 is 11.9 Å². The molecule has 1 atom stereocenters. The smallest absolute Gasteiger partial charge is 0.230 e. The highest BCUT2D eigenvalue weighted by molar-refractivity contribution is 5.85. The van der Waals surface area contributed by atoms with Crippen molar-refractivity contribution in [2.75, 3.05) is 47.4 Å². The number of guanidine groups is 1. The Morgan fingerprint density at radius 1 is 1.32 bits per heavy atom. The van der Waals surface area contributed by atoms with Crippen LogP contribution >= 0.6 is 0 Å². The second kappa shape index (κ2) is 8.95. The van der Waals surface area contributed by atoms with Gasteiger partial charge < -0.3 is 19.9 Å². The first kappa shape index (κ1) is 20.6. The number of nitrogens with one attached hydrogen (secondary N) is 1. The Balaban J connectivity index is 1.68. The molecule has 28 heavy (non-hydrogen) atoms. The van der Waals surface area contributed by atoms with Gasteiger partial charge in [0, 0.05) is 34.2 Å². The van der Waals surface area contributed by atoms with Crippen LogP contribution in [0.4, 0.5) is 0 Å². The molecule has 6 heteroatoms. The summed E-state index contributed by atoms with van der Waals surface area (Å²) in [5.41, 5.74) is 2.18. The maximum atomic E-state index is 12.8. The summed E-state index contributed by atoms with van der Waals surface area (Å²) < 4.78 is 6.05. The van der Waals surface area contributed by atoms with E-state index in [-0.39, 0.29) is 17.4 Å². The third-order valence-electron chi connectivity index (χ3n) is 6.12. The Kier molecular flexibility index (Phi) is 6.60. The predicted octanol–water partition coefficient (Wildman–Crippen LogP) is 2.59. The van der Waals surface area contributed by atoms with Crippen molar-refractivity contribution < 1.29 is 9.53 Å². The lowest BCUT2D eigenvalue weighted by Gasteiger charge is -2.37. The van der Waals surface area contributed by atoms with Gasteiger partial charge in [0.2, 0.25) is 5.91 Å². The first-order valence-electron chi connectivity index (χ1n) is 10.3. The number of benzene rings is 1. The van der Waals surface area contributed by atoms with E-state index in [2.05, 4.69) is 46.4 Å². The lowest BCUT2D eigenvalue weighted by molar-refractivity contribution is -0.138. The molecular weight excluding hydrogens is 352 g/mol. The number of ether oxygens (including phenoxy) is 1. The van der Waals surface area contributed by atoms with Crippen molar-refractivity contribution in [2.45, 2.75) is 38.7 Å². The van der Waals surface area contributed by atoms with Crippen molar-refractivity contribution in [3.63, 3.8) is 0 Å². The molecule has 6 nitrogen and oxygen atoms in total. The van der Waals surface area contributed by atoms with E-state index in [0.717, 1.165) is 44.7 Å². The fourth-order valence-corrected chi connectivity index (χ4v) is 4.55. The minimum Gasteiger partial charge on any atom is -0.370 e. The molecule has 1 saturated carbocycles. The van der Waals surface area contributed by atoms with Gasteiger partial charge in [-0.3, -0.25) is 9.79 Å². The van der Waals surface area contributed by atoms with Crippen LogP contribution in [0.25, 0.3) is 0 Å². The molecule has 0 radical (unpaired) electrons. The minimum absolute atomic E-state index is 0.0392. The van der Waals surface area contributed by atoms with Crippen LogP contribution in [0.3, 0.4) is 0 Å². The Morgan fingerprint density at radius 3 is 2.68 bits per heavy atom. The summed E-state index contributed by atoms with van der Waals surface area (Å²) in [6, 6.07) is 8.39. The molecule has 2 fully saturated rings. The van der Waals surface area contributed by atoms with Gasteiger partial charge in [-0.2, -0.15) is 0 Å². The van der Waals surface area contributed by atoms with Gasteiger partial charge in [-0.25, -0.2) is 0 Å². The van der Waals surface area contributed by atoms with Gasteiger partial charge >= 0.3 is 0 Å². The van der Waals surface area contributed by atoms with Gasteiger partial charge in [-0.15, -0.1) is 0 Å². The summed E-state index contributed by atoms with van der Waals surface area (Å²) in [6.45, 7) is 5.00. The van der Waals surface area contributed by atoms with E-state index in [4.69, 9.17) is 4.74 Å². The van der Waals surface area contributed by atoms with E-state index in [9.17, 15) is 4.79 Å². The summed E-state index contributed by atoms with van der Waals surface area (Å²) in [7, 11) is 5.52. The van der Waals surface area contributed by atoms with Crippen LogP contribution < -0.4 is 5.32 Å². The zero-order chi connectivity index (χ0) is 20.1. The van der Waals surface area contributed by atoms with E-state index >= 15 is 0 Å². The number of rotatable bonds is 4. The first-order chi connectivity index (χ1) is 13.5. The number of carbonyl (C=O) groups excluding carboxylic acids is 1. The number of amides is 1. The highest BCUT2D eigenvalue weighted by atomic mass is 16.5. The average Bonchev–Trinajstić information content (AvgIpc) is 3.18. The van der Waals surface area contributed by atoms with Crippen molar-refractivity contribution in [3.05, 3.63) is 35.4 Å². The Bertz CT molecular complexity index is 710. The predicted molar refractivity (Wildman–Crippen MR) is 112 cm³/mol. The van der Waals surface area contributed by atoms with Crippen LogP contribution in [0.1, 0.15) is 42.9 Å². The Labute approximate surface area is 168 Å². The van der Waals surface area contributed by atoms with Crippen molar-refractivity contribution in [3.8, 4) is 0 Å². The molecule has 2 aliphatic rings. The van der Waals surface area contributed by atoms with Crippen molar-refractivity contribution in [1.82, 2.24) is 15.1 Å². The zero-order valence-corrected chi connectivity index (χ0v) is 17.7. The monoisotopic (exact) mass is 386 g/mol. The molecule has 3 rings (SSSR count). The number of carbonyl (C=O) groups is 1. The summed E-state index contributed by atoms with van der Waals surface area (Å²) in [4.78, 5) is 21.3. The van der Waals surface area contributed by atoms with Crippen molar-refractivity contribution in [2.24, 2.45) is 10.4 Å². The Morgan fingerprint density at radius 2 is 2.04 bits per heavy atom. The molecule has 1 aliphatic carbocycles. The van der Waals surface area contributed by atoms with E-state index in [1.165, 1.54) is 11.1 Å². The maximum Gasteiger partial charge on any atom is 0.230 e. The summed E-state index contributed by atoms with van der Waals surface area (Å²) in [6.07, 6.45) is 4.17. The van der Waals surface area contributed by atoms with E-state index in [1.54, 1.807) is 4.90 Å². The maximum absolute atomic E-state index is 12.8. The molecule has 1 aromatic carbocycles. The molecule has 0 bridgehead atoms. The van der Waals surface area contributed by atoms with Gasteiger partial charge in [0.15, 0.2) is 5.96 Å². The molecule has 1 aromatic rings. The number of morpholine rings is 1. The number of aryl methyl sites for hydroxylation is 1. The molecular formula is C22H34N4O2. The molecule has 154 valence electrons. The van der Waals surface area contributed by atoms with E-state index in [1.807, 2.05) is 21.1 Å². The number of hydrogen-bond acceptors (Lipinski definition) is 3. The Hall–Kier alpha value is -2.08. The zero-order valence-electron chi connectivity index (χ0n) is 17.7. The third-order valence-corrected chi connectivity index (χ3v) is 6.12. The second-order valence-corrected chi connectivity index (χ2v) is 8.25. The van der Waals surface area contributed by atoms with Gasteiger partial charge in [-0.1, -0.05) is 37.1 Å². The average molecular weight is 387 g/mol. The van der Waals surface area contributed by atoms with Crippen LogP contribution in [-0.2, 0) is 9.53 Å².